The van der Waals surface area contributed by atoms with Gasteiger partial charge in [0, 0.05) is 24.6 Å². The third-order valence-electron chi connectivity index (χ3n) is 2.78. The molecule has 5 heteroatoms. The predicted octanol–water partition coefficient (Wildman–Crippen LogP) is 1.37. The lowest BCUT2D eigenvalue weighted by molar-refractivity contribution is -0.139. The standard InChI is InChI=1S/C12H12FNO3/c13-10-3-1-2-9(5-10)12(17)14-6-8(7-14)4-11(15)16/h1-3,5,8H,4,6-7H2,(H,15,16). The minimum Gasteiger partial charge on any atom is -0.481 e. The zero-order valence-electron chi connectivity index (χ0n) is 9.10. The van der Waals surface area contributed by atoms with Gasteiger partial charge in [-0.3, -0.25) is 9.59 Å². The van der Waals surface area contributed by atoms with Crippen molar-refractivity contribution in [1.82, 2.24) is 4.90 Å². The normalized spacial score (nSPS) is 15.5. The summed E-state index contributed by atoms with van der Waals surface area (Å²) in [6, 6.07) is 5.50. The van der Waals surface area contributed by atoms with Crippen molar-refractivity contribution in [3.63, 3.8) is 0 Å². The van der Waals surface area contributed by atoms with E-state index in [9.17, 15) is 14.0 Å². The monoisotopic (exact) mass is 237 g/mol. The molecule has 1 N–H and O–H groups in total. The van der Waals surface area contributed by atoms with Gasteiger partial charge in [-0.05, 0) is 18.2 Å². The van der Waals surface area contributed by atoms with E-state index in [2.05, 4.69) is 0 Å². The molecule has 0 spiro atoms. The Morgan fingerprint density at radius 1 is 1.41 bits per heavy atom. The van der Waals surface area contributed by atoms with Crippen molar-refractivity contribution in [2.24, 2.45) is 5.92 Å². The molecular formula is C12H12FNO3. The van der Waals surface area contributed by atoms with Crippen LogP contribution in [0.25, 0.3) is 0 Å². The lowest BCUT2D eigenvalue weighted by Gasteiger charge is -2.38. The highest BCUT2D eigenvalue weighted by Crippen LogP contribution is 2.21. The largest absolute Gasteiger partial charge is 0.481 e. The van der Waals surface area contributed by atoms with Gasteiger partial charge in [0.25, 0.3) is 5.91 Å². The van der Waals surface area contributed by atoms with Gasteiger partial charge in [0.05, 0.1) is 6.42 Å². The van der Waals surface area contributed by atoms with Crippen molar-refractivity contribution in [1.29, 1.82) is 0 Å². The van der Waals surface area contributed by atoms with Crippen molar-refractivity contribution < 1.29 is 19.1 Å². The average Bonchev–Trinajstić information content (AvgIpc) is 2.21. The summed E-state index contributed by atoms with van der Waals surface area (Å²) in [4.78, 5) is 23.8. The Labute approximate surface area is 97.7 Å². The van der Waals surface area contributed by atoms with Crippen LogP contribution in [0.3, 0.4) is 0 Å². The van der Waals surface area contributed by atoms with Gasteiger partial charge in [0.15, 0.2) is 0 Å². The molecule has 1 aromatic carbocycles. The second-order valence-electron chi connectivity index (χ2n) is 4.18. The fourth-order valence-corrected chi connectivity index (χ4v) is 1.92. The molecule has 1 fully saturated rings. The van der Waals surface area contributed by atoms with Crippen LogP contribution in [0.5, 0.6) is 0 Å². The molecule has 17 heavy (non-hydrogen) atoms. The Balaban J connectivity index is 1.93. The molecule has 0 atom stereocenters. The maximum Gasteiger partial charge on any atom is 0.303 e. The van der Waals surface area contributed by atoms with Crippen molar-refractivity contribution in [3.8, 4) is 0 Å². The molecule has 0 radical (unpaired) electrons. The Kier molecular flexibility index (Phi) is 3.08. The Hall–Kier alpha value is -1.91. The Morgan fingerprint density at radius 2 is 2.12 bits per heavy atom. The molecule has 90 valence electrons. The number of benzene rings is 1. The molecule has 1 aliphatic heterocycles. The van der Waals surface area contributed by atoms with E-state index < -0.39 is 11.8 Å². The SMILES string of the molecule is O=C(O)CC1CN(C(=O)c2cccc(F)c2)C1. The molecule has 0 unspecified atom stereocenters. The third kappa shape index (κ3) is 2.61. The van der Waals surface area contributed by atoms with Crippen LogP contribution in [0, 0.1) is 11.7 Å². The molecule has 4 nitrogen and oxygen atoms in total. The number of hydrogen-bond acceptors (Lipinski definition) is 2. The highest BCUT2D eigenvalue weighted by atomic mass is 19.1. The highest BCUT2D eigenvalue weighted by molar-refractivity contribution is 5.94. The summed E-state index contributed by atoms with van der Waals surface area (Å²) in [6.07, 6.45) is 0.0763. The molecule has 0 aliphatic carbocycles. The lowest BCUT2D eigenvalue weighted by atomic mass is 9.95. The number of carbonyl (C=O) groups excluding carboxylic acids is 1. The van der Waals surface area contributed by atoms with Gasteiger partial charge in [-0.1, -0.05) is 6.07 Å². The number of carboxylic acid groups (broad SMARTS) is 1. The zero-order chi connectivity index (χ0) is 12.4. The number of likely N-dealkylation sites (tertiary alicyclic amines) is 1. The van der Waals surface area contributed by atoms with E-state index in [1.807, 2.05) is 0 Å². The molecule has 0 saturated carbocycles. The number of halogens is 1. The van der Waals surface area contributed by atoms with E-state index in [0.717, 1.165) is 0 Å². The van der Waals surface area contributed by atoms with Gasteiger partial charge >= 0.3 is 5.97 Å². The quantitative estimate of drug-likeness (QED) is 0.863. The molecule has 1 aliphatic rings. The summed E-state index contributed by atoms with van der Waals surface area (Å²) in [7, 11) is 0. The number of carboxylic acids is 1. The fourth-order valence-electron chi connectivity index (χ4n) is 1.92. The number of nitrogens with zero attached hydrogens (tertiary/aromatic N) is 1. The van der Waals surface area contributed by atoms with Crippen molar-refractivity contribution >= 4 is 11.9 Å². The fraction of sp³-hybridized carbons (Fsp3) is 0.333. The first-order valence-electron chi connectivity index (χ1n) is 5.33. The van der Waals surface area contributed by atoms with Crippen LogP contribution >= 0.6 is 0 Å². The summed E-state index contributed by atoms with van der Waals surface area (Å²) < 4.78 is 12.9. The molecule has 1 saturated heterocycles. The van der Waals surface area contributed by atoms with Crippen LogP contribution < -0.4 is 0 Å². The Morgan fingerprint density at radius 3 is 2.71 bits per heavy atom. The predicted molar refractivity (Wildman–Crippen MR) is 58.0 cm³/mol. The van der Waals surface area contributed by atoms with E-state index in [1.54, 1.807) is 6.07 Å². The van der Waals surface area contributed by atoms with E-state index >= 15 is 0 Å². The molecule has 0 bridgehead atoms. The first-order chi connectivity index (χ1) is 8.06. The molecule has 1 aromatic rings. The van der Waals surface area contributed by atoms with Crippen LogP contribution in [0.1, 0.15) is 16.8 Å². The van der Waals surface area contributed by atoms with Crippen LogP contribution in [-0.4, -0.2) is 35.0 Å². The van der Waals surface area contributed by atoms with Crippen molar-refractivity contribution in [2.75, 3.05) is 13.1 Å². The van der Waals surface area contributed by atoms with Crippen LogP contribution in [-0.2, 0) is 4.79 Å². The van der Waals surface area contributed by atoms with Crippen molar-refractivity contribution in [3.05, 3.63) is 35.6 Å². The van der Waals surface area contributed by atoms with E-state index in [1.165, 1.54) is 23.1 Å². The van der Waals surface area contributed by atoms with Crippen LogP contribution in [0.2, 0.25) is 0 Å². The number of amides is 1. The summed E-state index contributed by atoms with van der Waals surface area (Å²) in [6.45, 7) is 0.864. The Bertz CT molecular complexity index is 455. The summed E-state index contributed by atoms with van der Waals surface area (Å²) >= 11 is 0. The van der Waals surface area contributed by atoms with Gasteiger partial charge in [0.2, 0.25) is 0 Å². The number of rotatable bonds is 3. The molecule has 0 aromatic heterocycles. The second-order valence-corrected chi connectivity index (χ2v) is 4.18. The minimum atomic E-state index is -0.854. The van der Waals surface area contributed by atoms with Gasteiger partial charge < -0.3 is 10.0 Å². The maximum absolute atomic E-state index is 12.9. The lowest BCUT2D eigenvalue weighted by Crippen LogP contribution is -2.50. The third-order valence-corrected chi connectivity index (χ3v) is 2.78. The first-order valence-corrected chi connectivity index (χ1v) is 5.33. The molecule has 2 rings (SSSR count). The molecule has 1 heterocycles. The van der Waals surface area contributed by atoms with Crippen LogP contribution in [0.4, 0.5) is 4.39 Å². The number of hydrogen-bond donors (Lipinski definition) is 1. The van der Waals surface area contributed by atoms with Gasteiger partial charge in [-0.15, -0.1) is 0 Å². The minimum absolute atomic E-state index is 0.0185. The van der Waals surface area contributed by atoms with Gasteiger partial charge in [-0.2, -0.15) is 0 Å². The zero-order valence-corrected chi connectivity index (χ0v) is 9.10. The summed E-state index contributed by atoms with van der Waals surface area (Å²) in [5.74, 6) is -1.53. The smallest absolute Gasteiger partial charge is 0.303 e. The van der Waals surface area contributed by atoms with Gasteiger partial charge in [-0.25, -0.2) is 4.39 Å². The summed E-state index contributed by atoms with van der Waals surface area (Å²) in [5.41, 5.74) is 0.304. The second kappa shape index (κ2) is 4.53. The van der Waals surface area contributed by atoms with E-state index in [-0.39, 0.29) is 18.2 Å². The van der Waals surface area contributed by atoms with Crippen molar-refractivity contribution in [2.45, 2.75) is 6.42 Å². The highest BCUT2D eigenvalue weighted by Gasteiger charge is 2.32. The number of aliphatic carboxylic acids is 1. The number of carbonyl (C=O) groups is 2. The summed E-state index contributed by atoms with van der Waals surface area (Å²) in [5, 5.41) is 8.57. The van der Waals surface area contributed by atoms with Crippen LogP contribution in [0.15, 0.2) is 24.3 Å². The average molecular weight is 237 g/mol. The van der Waals surface area contributed by atoms with E-state index in [0.29, 0.717) is 18.7 Å². The molecular weight excluding hydrogens is 225 g/mol. The first kappa shape index (κ1) is 11.6. The van der Waals surface area contributed by atoms with Gasteiger partial charge in [0.1, 0.15) is 5.82 Å². The maximum atomic E-state index is 12.9. The molecule has 1 amide bonds. The van der Waals surface area contributed by atoms with E-state index in [4.69, 9.17) is 5.11 Å². The topological polar surface area (TPSA) is 57.6 Å².